The highest BCUT2D eigenvalue weighted by molar-refractivity contribution is 6.13. The van der Waals surface area contributed by atoms with Gasteiger partial charge in [0.2, 0.25) is 5.91 Å². The molecule has 3 heterocycles. The van der Waals surface area contributed by atoms with Gasteiger partial charge in [0.15, 0.2) is 0 Å². The Morgan fingerprint density at radius 1 is 1.21 bits per heavy atom. The lowest BCUT2D eigenvalue weighted by Gasteiger charge is -2.22. The Balaban J connectivity index is 1.46. The lowest BCUT2D eigenvalue weighted by atomic mass is 10.0. The number of carbonyl (C=O) groups is 2. The summed E-state index contributed by atoms with van der Waals surface area (Å²) in [6.07, 6.45) is 4.12. The fraction of sp³-hybridized carbons (Fsp3) is 0.364. The summed E-state index contributed by atoms with van der Waals surface area (Å²) in [4.78, 5) is 31.7. The summed E-state index contributed by atoms with van der Waals surface area (Å²) < 4.78 is 5.33. The Labute approximate surface area is 168 Å². The van der Waals surface area contributed by atoms with Crippen LogP contribution in [0.1, 0.15) is 53.5 Å². The van der Waals surface area contributed by atoms with Gasteiger partial charge >= 0.3 is 0 Å². The molecular weight excluding hydrogens is 368 g/mol. The van der Waals surface area contributed by atoms with Crippen molar-refractivity contribution in [3.63, 3.8) is 0 Å². The zero-order chi connectivity index (χ0) is 20.1. The molecule has 1 fully saturated rings. The van der Waals surface area contributed by atoms with Crippen LogP contribution in [0.15, 0.2) is 28.8 Å². The molecule has 29 heavy (non-hydrogen) atoms. The van der Waals surface area contributed by atoms with E-state index in [2.05, 4.69) is 22.4 Å². The van der Waals surface area contributed by atoms with E-state index in [4.69, 9.17) is 4.52 Å². The summed E-state index contributed by atoms with van der Waals surface area (Å²) in [5.74, 6) is -0.0350. The van der Waals surface area contributed by atoms with E-state index in [-0.39, 0.29) is 17.9 Å². The van der Waals surface area contributed by atoms with Crippen LogP contribution in [0.3, 0.4) is 0 Å². The summed E-state index contributed by atoms with van der Waals surface area (Å²) in [5, 5.41) is 7.69. The van der Waals surface area contributed by atoms with Crippen molar-refractivity contribution in [1.82, 2.24) is 10.1 Å². The van der Waals surface area contributed by atoms with Crippen LogP contribution in [-0.4, -0.2) is 28.0 Å². The van der Waals surface area contributed by atoms with Crippen LogP contribution in [0.5, 0.6) is 0 Å². The van der Waals surface area contributed by atoms with Crippen molar-refractivity contribution >= 4 is 34.3 Å². The van der Waals surface area contributed by atoms with E-state index in [1.807, 2.05) is 36.1 Å². The van der Waals surface area contributed by atoms with Gasteiger partial charge in [0.05, 0.1) is 16.6 Å². The molecule has 148 valence electrons. The molecule has 1 unspecified atom stereocenters. The number of nitrogens with zero attached hydrogens (tertiary/aromatic N) is 3. The smallest absolute Gasteiger partial charge is 0.259 e. The second-order valence-electron chi connectivity index (χ2n) is 7.87. The normalized spacial score (nSPS) is 18.5. The standard InChI is InChI=1S/C22H22N4O3/c1-12-6-11-18(27)26(12)15-9-7-14(8-10-15)23-21(28)20-16-4-3-5-17(16)24-22-19(20)13(2)25-29-22/h7-10,12H,3-6,11H2,1-2H3,(H,23,28). The summed E-state index contributed by atoms with van der Waals surface area (Å²) in [5.41, 5.74) is 5.18. The van der Waals surface area contributed by atoms with Gasteiger partial charge in [-0.05, 0) is 69.4 Å². The Bertz CT molecular complexity index is 1130. The molecule has 1 aliphatic carbocycles. The minimum absolute atomic E-state index is 0.145. The lowest BCUT2D eigenvalue weighted by molar-refractivity contribution is -0.117. The molecule has 0 radical (unpaired) electrons. The van der Waals surface area contributed by atoms with Crippen molar-refractivity contribution in [3.05, 3.63) is 46.8 Å². The SMILES string of the molecule is Cc1noc2nc3c(c(C(=O)Nc4ccc(N5C(=O)CCC5C)cc4)c12)CCC3. The molecule has 7 nitrogen and oxygen atoms in total. The molecule has 1 aliphatic heterocycles. The predicted octanol–water partition coefficient (Wildman–Crippen LogP) is 3.79. The molecule has 2 amide bonds. The number of aromatic nitrogens is 2. The van der Waals surface area contributed by atoms with Crippen molar-refractivity contribution in [2.24, 2.45) is 0 Å². The molecule has 2 aliphatic rings. The second kappa shape index (κ2) is 6.69. The van der Waals surface area contributed by atoms with Gasteiger partial charge in [-0.3, -0.25) is 9.59 Å². The quantitative estimate of drug-likeness (QED) is 0.735. The fourth-order valence-corrected chi connectivity index (χ4v) is 4.49. The number of hydrogen-bond donors (Lipinski definition) is 1. The molecule has 2 aromatic heterocycles. The first kappa shape index (κ1) is 17.8. The molecular formula is C22H22N4O3. The van der Waals surface area contributed by atoms with Gasteiger partial charge in [0.1, 0.15) is 0 Å². The topological polar surface area (TPSA) is 88.3 Å². The maximum atomic E-state index is 13.2. The largest absolute Gasteiger partial charge is 0.336 e. The van der Waals surface area contributed by atoms with E-state index >= 15 is 0 Å². The van der Waals surface area contributed by atoms with E-state index in [0.717, 1.165) is 42.6 Å². The van der Waals surface area contributed by atoms with Crippen LogP contribution >= 0.6 is 0 Å². The summed E-state index contributed by atoms with van der Waals surface area (Å²) in [7, 11) is 0. The van der Waals surface area contributed by atoms with Gasteiger partial charge in [-0.1, -0.05) is 5.16 Å². The number of nitrogens with one attached hydrogen (secondary N) is 1. The van der Waals surface area contributed by atoms with Crippen LogP contribution in [0.25, 0.3) is 11.1 Å². The number of benzene rings is 1. The second-order valence-corrected chi connectivity index (χ2v) is 7.87. The minimum Gasteiger partial charge on any atom is -0.336 e. The van der Waals surface area contributed by atoms with E-state index in [0.29, 0.717) is 34.5 Å². The molecule has 0 saturated carbocycles. The van der Waals surface area contributed by atoms with Gasteiger partial charge in [0.25, 0.3) is 11.6 Å². The lowest BCUT2D eigenvalue weighted by Crippen LogP contribution is -2.30. The average molecular weight is 390 g/mol. The first-order chi connectivity index (χ1) is 14.0. The van der Waals surface area contributed by atoms with Gasteiger partial charge in [0, 0.05) is 29.5 Å². The molecule has 1 N–H and O–H groups in total. The van der Waals surface area contributed by atoms with E-state index in [9.17, 15) is 9.59 Å². The third-order valence-corrected chi connectivity index (χ3v) is 5.94. The Morgan fingerprint density at radius 3 is 2.72 bits per heavy atom. The number of rotatable bonds is 3. The summed E-state index contributed by atoms with van der Waals surface area (Å²) in [6, 6.07) is 7.64. The maximum Gasteiger partial charge on any atom is 0.259 e. The van der Waals surface area contributed by atoms with Crippen LogP contribution < -0.4 is 10.2 Å². The van der Waals surface area contributed by atoms with Crippen molar-refractivity contribution in [2.75, 3.05) is 10.2 Å². The van der Waals surface area contributed by atoms with Crippen LogP contribution in [0.4, 0.5) is 11.4 Å². The number of carbonyl (C=O) groups excluding carboxylic acids is 2. The third kappa shape index (κ3) is 2.88. The van der Waals surface area contributed by atoms with Crippen LogP contribution in [-0.2, 0) is 17.6 Å². The van der Waals surface area contributed by atoms with E-state index in [1.54, 1.807) is 0 Å². The molecule has 7 heteroatoms. The average Bonchev–Trinajstić information content (AvgIpc) is 3.41. The highest BCUT2D eigenvalue weighted by Gasteiger charge is 2.29. The summed E-state index contributed by atoms with van der Waals surface area (Å²) >= 11 is 0. The van der Waals surface area contributed by atoms with Gasteiger partial charge in [-0.2, -0.15) is 0 Å². The predicted molar refractivity (Wildman–Crippen MR) is 109 cm³/mol. The zero-order valence-corrected chi connectivity index (χ0v) is 16.5. The number of pyridine rings is 1. The van der Waals surface area contributed by atoms with Crippen molar-refractivity contribution in [1.29, 1.82) is 0 Å². The first-order valence-corrected chi connectivity index (χ1v) is 10.0. The van der Waals surface area contributed by atoms with Crippen molar-refractivity contribution in [3.8, 4) is 0 Å². The monoisotopic (exact) mass is 390 g/mol. The number of hydrogen-bond acceptors (Lipinski definition) is 5. The van der Waals surface area contributed by atoms with E-state index in [1.165, 1.54) is 0 Å². The van der Waals surface area contributed by atoms with Crippen molar-refractivity contribution in [2.45, 2.75) is 52.0 Å². The number of aryl methyl sites for hydroxylation is 2. The molecule has 0 spiro atoms. The minimum atomic E-state index is -0.180. The third-order valence-electron chi connectivity index (χ3n) is 5.94. The number of anilines is 2. The molecule has 3 aromatic rings. The maximum absolute atomic E-state index is 13.2. The first-order valence-electron chi connectivity index (χ1n) is 10.0. The molecule has 1 aromatic carbocycles. The molecule has 0 bridgehead atoms. The van der Waals surface area contributed by atoms with Gasteiger partial charge in [-0.15, -0.1) is 0 Å². The van der Waals surface area contributed by atoms with Crippen LogP contribution in [0.2, 0.25) is 0 Å². The highest BCUT2D eigenvalue weighted by Crippen LogP contribution is 2.33. The van der Waals surface area contributed by atoms with E-state index < -0.39 is 0 Å². The zero-order valence-electron chi connectivity index (χ0n) is 16.5. The summed E-state index contributed by atoms with van der Waals surface area (Å²) in [6.45, 7) is 3.88. The van der Waals surface area contributed by atoms with Gasteiger partial charge < -0.3 is 14.7 Å². The fourth-order valence-electron chi connectivity index (χ4n) is 4.49. The highest BCUT2D eigenvalue weighted by atomic mass is 16.5. The van der Waals surface area contributed by atoms with Crippen molar-refractivity contribution < 1.29 is 14.1 Å². The van der Waals surface area contributed by atoms with Gasteiger partial charge in [-0.25, -0.2) is 4.98 Å². The molecule has 5 rings (SSSR count). The number of amides is 2. The number of fused-ring (bicyclic) bond motifs is 2. The molecule has 1 atom stereocenters. The Kier molecular flexibility index (Phi) is 4.12. The van der Waals surface area contributed by atoms with Crippen LogP contribution in [0, 0.1) is 6.92 Å². The Morgan fingerprint density at radius 2 is 2.00 bits per heavy atom. The Hall–Kier alpha value is -3.22. The molecule has 1 saturated heterocycles.